The van der Waals surface area contributed by atoms with Crippen molar-refractivity contribution in [1.29, 1.82) is 0 Å². The van der Waals surface area contributed by atoms with Crippen molar-refractivity contribution in [1.82, 2.24) is 4.98 Å². The summed E-state index contributed by atoms with van der Waals surface area (Å²) in [6.45, 7) is 3.22. The SMILES string of the molecule is C=CS(=O)(=O)Nc1ccc2cc[nH]c2c1. The molecule has 5 heteroatoms. The predicted molar refractivity (Wildman–Crippen MR) is 61.0 cm³/mol. The van der Waals surface area contributed by atoms with Crippen LogP contribution in [0.2, 0.25) is 0 Å². The lowest BCUT2D eigenvalue weighted by Crippen LogP contribution is -2.07. The number of rotatable bonds is 3. The third-order valence-electron chi connectivity index (χ3n) is 2.03. The highest BCUT2D eigenvalue weighted by Gasteiger charge is 2.04. The number of H-pyrrole nitrogens is 1. The molecule has 0 atom stereocenters. The molecule has 0 saturated carbocycles. The second-order valence-corrected chi connectivity index (χ2v) is 4.72. The fourth-order valence-electron chi connectivity index (χ4n) is 1.32. The maximum atomic E-state index is 11.2. The number of benzene rings is 1. The average molecular weight is 222 g/mol. The first-order valence-electron chi connectivity index (χ1n) is 4.33. The number of aromatic amines is 1. The highest BCUT2D eigenvalue weighted by Crippen LogP contribution is 2.18. The Morgan fingerprint density at radius 1 is 1.33 bits per heavy atom. The lowest BCUT2D eigenvalue weighted by Gasteiger charge is -2.03. The van der Waals surface area contributed by atoms with Gasteiger partial charge in [-0.3, -0.25) is 4.72 Å². The summed E-state index contributed by atoms with van der Waals surface area (Å²) in [4.78, 5) is 3.00. The Hall–Kier alpha value is -1.75. The van der Waals surface area contributed by atoms with E-state index in [1.54, 1.807) is 18.3 Å². The summed E-state index contributed by atoms with van der Waals surface area (Å²) < 4.78 is 24.8. The fraction of sp³-hybridized carbons (Fsp3) is 0. The van der Waals surface area contributed by atoms with Gasteiger partial charge in [-0.2, -0.15) is 0 Å². The maximum Gasteiger partial charge on any atom is 0.254 e. The van der Waals surface area contributed by atoms with E-state index in [1.165, 1.54) is 0 Å². The van der Waals surface area contributed by atoms with Crippen LogP contribution in [0.25, 0.3) is 10.9 Å². The first kappa shape index (κ1) is 9.79. The predicted octanol–water partition coefficient (Wildman–Crippen LogP) is 2.05. The van der Waals surface area contributed by atoms with Gasteiger partial charge in [0.1, 0.15) is 0 Å². The second kappa shape index (κ2) is 3.43. The van der Waals surface area contributed by atoms with Crippen LogP contribution >= 0.6 is 0 Å². The van der Waals surface area contributed by atoms with Crippen molar-refractivity contribution in [3.05, 3.63) is 42.4 Å². The van der Waals surface area contributed by atoms with Crippen molar-refractivity contribution in [2.45, 2.75) is 0 Å². The van der Waals surface area contributed by atoms with E-state index >= 15 is 0 Å². The largest absolute Gasteiger partial charge is 0.361 e. The Kier molecular flexibility index (Phi) is 2.24. The number of aromatic nitrogens is 1. The molecule has 2 aromatic rings. The van der Waals surface area contributed by atoms with E-state index in [0.29, 0.717) is 5.69 Å². The first-order chi connectivity index (χ1) is 7.11. The van der Waals surface area contributed by atoms with Crippen LogP contribution in [-0.4, -0.2) is 13.4 Å². The summed E-state index contributed by atoms with van der Waals surface area (Å²) in [6, 6.07) is 7.20. The van der Waals surface area contributed by atoms with Crippen molar-refractivity contribution < 1.29 is 8.42 Å². The van der Waals surface area contributed by atoms with E-state index < -0.39 is 10.0 Å². The molecule has 0 aliphatic heterocycles. The van der Waals surface area contributed by atoms with Gasteiger partial charge in [0, 0.05) is 17.1 Å². The van der Waals surface area contributed by atoms with Crippen LogP contribution in [0.3, 0.4) is 0 Å². The van der Waals surface area contributed by atoms with Crippen molar-refractivity contribution in [2.75, 3.05) is 4.72 Å². The molecule has 2 N–H and O–H groups in total. The minimum absolute atomic E-state index is 0.518. The number of sulfonamides is 1. The summed E-state index contributed by atoms with van der Waals surface area (Å²) in [7, 11) is -3.42. The highest BCUT2D eigenvalue weighted by atomic mass is 32.2. The minimum Gasteiger partial charge on any atom is -0.361 e. The Balaban J connectivity index is 2.41. The van der Waals surface area contributed by atoms with E-state index in [-0.39, 0.29) is 0 Å². The lowest BCUT2D eigenvalue weighted by atomic mass is 10.2. The third kappa shape index (κ3) is 2.02. The highest BCUT2D eigenvalue weighted by molar-refractivity contribution is 7.95. The fourth-order valence-corrected chi connectivity index (χ4v) is 1.86. The lowest BCUT2D eigenvalue weighted by molar-refractivity contribution is 0.609. The maximum absolute atomic E-state index is 11.2. The van der Waals surface area contributed by atoms with E-state index in [9.17, 15) is 8.42 Å². The van der Waals surface area contributed by atoms with Gasteiger partial charge in [-0.05, 0) is 23.6 Å². The molecule has 0 radical (unpaired) electrons. The van der Waals surface area contributed by atoms with Crippen LogP contribution in [0.15, 0.2) is 42.4 Å². The van der Waals surface area contributed by atoms with Crippen LogP contribution in [0, 0.1) is 0 Å². The molecule has 0 bridgehead atoms. The van der Waals surface area contributed by atoms with Crippen molar-refractivity contribution >= 4 is 26.6 Å². The Morgan fingerprint density at radius 2 is 2.13 bits per heavy atom. The molecule has 1 aromatic heterocycles. The van der Waals surface area contributed by atoms with Gasteiger partial charge >= 0.3 is 0 Å². The molecule has 2 rings (SSSR count). The molecule has 0 unspecified atom stereocenters. The Labute approximate surface area is 87.7 Å². The minimum atomic E-state index is -3.42. The zero-order valence-electron chi connectivity index (χ0n) is 7.90. The molecule has 15 heavy (non-hydrogen) atoms. The van der Waals surface area contributed by atoms with Gasteiger partial charge in [-0.15, -0.1) is 0 Å². The zero-order valence-corrected chi connectivity index (χ0v) is 8.71. The van der Waals surface area contributed by atoms with Gasteiger partial charge in [-0.1, -0.05) is 12.6 Å². The summed E-state index contributed by atoms with van der Waals surface area (Å²) in [5.41, 5.74) is 1.41. The number of hydrogen-bond acceptors (Lipinski definition) is 2. The van der Waals surface area contributed by atoms with Gasteiger partial charge in [0.05, 0.1) is 5.69 Å². The number of hydrogen-bond donors (Lipinski definition) is 2. The van der Waals surface area contributed by atoms with Gasteiger partial charge in [0.25, 0.3) is 10.0 Å². The molecular weight excluding hydrogens is 212 g/mol. The van der Waals surface area contributed by atoms with E-state index in [0.717, 1.165) is 16.3 Å². The standard InChI is InChI=1S/C10H10N2O2S/c1-2-15(13,14)12-9-4-3-8-5-6-11-10(8)7-9/h2-7,11-12H,1H2. The normalized spacial score (nSPS) is 11.5. The number of anilines is 1. The second-order valence-electron chi connectivity index (χ2n) is 3.09. The van der Waals surface area contributed by atoms with Gasteiger partial charge in [0.15, 0.2) is 0 Å². The summed E-state index contributed by atoms with van der Waals surface area (Å²) in [5, 5.41) is 1.92. The molecule has 0 fully saturated rings. The van der Waals surface area contributed by atoms with E-state index in [1.807, 2.05) is 12.1 Å². The zero-order chi connectivity index (χ0) is 10.9. The summed E-state index contributed by atoms with van der Waals surface area (Å²) in [5.74, 6) is 0. The molecular formula is C10H10N2O2S. The van der Waals surface area contributed by atoms with E-state index in [2.05, 4.69) is 16.3 Å². The third-order valence-corrected chi connectivity index (χ3v) is 2.99. The van der Waals surface area contributed by atoms with Crippen molar-refractivity contribution in [3.8, 4) is 0 Å². The van der Waals surface area contributed by atoms with Crippen molar-refractivity contribution in [2.24, 2.45) is 0 Å². The van der Waals surface area contributed by atoms with E-state index in [4.69, 9.17) is 0 Å². The molecule has 0 saturated heterocycles. The van der Waals surface area contributed by atoms with Gasteiger partial charge in [0.2, 0.25) is 0 Å². The van der Waals surface area contributed by atoms with Crippen LogP contribution in [0.1, 0.15) is 0 Å². The molecule has 4 nitrogen and oxygen atoms in total. The van der Waals surface area contributed by atoms with Crippen molar-refractivity contribution in [3.63, 3.8) is 0 Å². The first-order valence-corrected chi connectivity index (χ1v) is 5.88. The molecule has 0 aliphatic rings. The molecule has 78 valence electrons. The number of nitrogens with one attached hydrogen (secondary N) is 2. The Bertz CT molecular complexity index is 599. The monoisotopic (exact) mass is 222 g/mol. The Morgan fingerprint density at radius 3 is 2.87 bits per heavy atom. The van der Waals surface area contributed by atoms with Gasteiger partial charge in [-0.25, -0.2) is 8.42 Å². The molecule has 0 spiro atoms. The van der Waals surface area contributed by atoms with Crippen LogP contribution < -0.4 is 4.72 Å². The van der Waals surface area contributed by atoms with Crippen LogP contribution in [-0.2, 0) is 10.0 Å². The van der Waals surface area contributed by atoms with Gasteiger partial charge < -0.3 is 4.98 Å². The number of fused-ring (bicyclic) bond motifs is 1. The topological polar surface area (TPSA) is 62.0 Å². The molecule has 1 heterocycles. The smallest absolute Gasteiger partial charge is 0.254 e. The average Bonchev–Trinajstić information content (AvgIpc) is 2.64. The van der Waals surface area contributed by atoms with Crippen LogP contribution in [0.5, 0.6) is 0 Å². The summed E-state index contributed by atoms with van der Waals surface area (Å²) in [6.07, 6.45) is 1.80. The molecule has 0 aliphatic carbocycles. The summed E-state index contributed by atoms with van der Waals surface area (Å²) >= 11 is 0. The van der Waals surface area contributed by atoms with Crippen LogP contribution in [0.4, 0.5) is 5.69 Å². The quantitative estimate of drug-likeness (QED) is 0.834. The molecule has 0 amide bonds. The molecule has 1 aromatic carbocycles.